The van der Waals surface area contributed by atoms with Crippen molar-refractivity contribution in [3.05, 3.63) is 164 Å². The van der Waals surface area contributed by atoms with Crippen LogP contribution in [-0.2, 0) is 0 Å². The van der Waals surface area contributed by atoms with Gasteiger partial charge in [-0.05, 0) is 48.5 Å². The molecule has 12 aromatic rings. The monoisotopic (exact) mass is 749 g/mol. The smallest absolute Gasteiger partial charge is 0.164 e. The van der Waals surface area contributed by atoms with Crippen molar-refractivity contribution < 1.29 is 8.83 Å². The van der Waals surface area contributed by atoms with Gasteiger partial charge in [0.05, 0.1) is 15.9 Å². The summed E-state index contributed by atoms with van der Waals surface area (Å²) in [6.07, 6.45) is 0. The molecule has 0 unspecified atom stereocenters. The summed E-state index contributed by atoms with van der Waals surface area (Å²) in [5.41, 5.74) is 9.54. The van der Waals surface area contributed by atoms with Gasteiger partial charge in [-0.2, -0.15) is 0 Å². The van der Waals surface area contributed by atoms with Crippen LogP contribution in [-0.4, -0.2) is 24.9 Å². The molecule has 5 heterocycles. The zero-order chi connectivity index (χ0) is 37.5. The highest BCUT2D eigenvalue weighted by molar-refractivity contribution is 7.26. The predicted molar refractivity (Wildman–Crippen MR) is 230 cm³/mol. The molecule has 0 aliphatic carbocycles. The Kier molecular flexibility index (Phi) is 6.96. The molecule has 0 fully saturated rings. The van der Waals surface area contributed by atoms with Gasteiger partial charge in [-0.1, -0.05) is 115 Å². The Morgan fingerprint density at radius 1 is 0.368 bits per heavy atom. The van der Waals surface area contributed by atoms with Gasteiger partial charge >= 0.3 is 0 Å². The first-order valence-corrected chi connectivity index (χ1v) is 19.5. The summed E-state index contributed by atoms with van der Waals surface area (Å²) in [6.45, 7) is 0. The molecule has 7 nitrogen and oxygen atoms in total. The van der Waals surface area contributed by atoms with Gasteiger partial charge in [-0.15, -0.1) is 11.3 Å². The molecule has 266 valence electrons. The second-order valence-corrected chi connectivity index (χ2v) is 15.1. The molecule has 0 saturated heterocycles. The first-order chi connectivity index (χ1) is 28.2. The van der Waals surface area contributed by atoms with E-state index in [2.05, 4.69) is 78.9 Å². The number of benzene rings is 7. The number of nitrogens with zero attached hydrogens (tertiary/aromatic N) is 5. The van der Waals surface area contributed by atoms with Crippen LogP contribution < -0.4 is 0 Å². The second-order valence-electron chi connectivity index (χ2n) is 14.0. The van der Waals surface area contributed by atoms with Gasteiger partial charge in [0.2, 0.25) is 0 Å². The number of furan rings is 2. The third-order valence-corrected chi connectivity index (χ3v) is 11.7. The molecule has 57 heavy (non-hydrogen) atoms. The molecule has 0 aliphatic heterocycles. The number of thiophene rings is 1. The highest BCUT2D eigenvalue weighted by atomic mass is 32.1. The predicted octanol–water partition coefficient (Wildman–Crippen LogP) is 13.2. The van der Waals surface area contributed by atoms with Crippen LogP contribution in [0.1, 0.15) is 0 Å². The van der Waals surface area contributed by atoms with Gasteiger partial charge in [0.25, 0.3) is 0 Å². The third kappa shape index (κ3) is 5.15. The van der Waals surface area contributed by atoms with Crippen LogP contribution in [0, 0.1) is 0 Å². The number of fused-ring (bicyclic) bond motifs is 9. The molecule has 0 saturated carbocycles. The fraction of sp³-hybridized carbons (Fsp3) is 0. The van der Waals surface area contributed by atoms with E-state index in [1.807, 2.05) is 84.9 Å². The molecular weight excluding hydrogens is 723 g/mol. The Morgan fingerprint density at radius 2 is 1.00 bits per heavy atom. The van der Waals surface area contributed by atoms with E-state index in [0.29, 0.717) is 23.3 Å². The van der Waals surface area contributed by atoms with Crippen LogP contribution in [0.25, 0.3) is 121 Å². The summed E-state index contributed by atoms with van der Waals surface area (Å²) in [5, 5.41) is 5.10. The van der Waals surface area contributed by atoms with Crippen LogP contribution >= 0.6 is 11.3 Å². The van der Waals surface area contributed by atoms with Crippen LogP contribution in [0.5, 0.6) is 0 Å². The van der Waals surface area contributed by atoms with Crippen molar-refractivity contribution in [1.29, 1.82) is 0 Å². The minimum absolute atomic E-state index is 0.546. The van der Waals surface area contributed by atoms with Crippen molar-refractivity contribution in [2.24, 2.45) is 0 Å². The number of hydrogen-bond acceptors (Lipinski definition) is 8. The van der Waals surface area contributed by atoms with Crippen LogP contribution in [0.15, 0.2) is 173 Å². The normalized spacial score (nSPS) is 11.9. The molecule has 7 aromatic carbocycles. The Hall–Kier alpha value is -7.55. The van der Waals surface area contributed by atoms with E-state index in [1.165, 1.54) is 4.70 Å². The van der Waals surface area contributed by atoms with Crippen LogP contribution in [0.2, 0.25) is 0 Å². The lowest BCUT2D eigenvalue weighted by molar-refractivity contribution is 0.668. The number of hydrogen-bond donors (Lipinski definition) is 0. The maximum absolute atomic E-state index is 6.61. The lowest BCUT2D eigenvalue weighted by atomic mass is 10.0. The Labute approximate surface area is 328 Å². The zero-order valence-electron chi connectivity index (χ0n) is 30.0. The van der Waals surface area contributed by atoms with Gasteiger partial charge in [-0.25, -0.2) is 24.9 Å². The number of aromatic nitrogens is 5. The minimum Gasteiger partial charge on any atom is -0.456 e. The van der Waals surface area contributed by atoms with Crippen molar-refractivity contribution in [2.75, 3.05) is 0 Å². The molecular formula is C49H27N5O2S. The van der Waals surface area contributed by atoms with Crippen molar-refractivity contribution in [3.63, 3.8) is 0 Å². The first-order valence-electron chi connectivity index (χ1n) is 18.7. The van der Waals surface area contributed by atoms with E-state index < -0.39 is 0 Å². The van der Waals surface area contributed by atoms with E-state index in [4.69, 9.17) is 33.8 Å². The summed E-state index contributed by atoms with van der Waals surface area (Å²) < 4.78 is 15.0. The standard InChI is InChI=1S/C49H27N5O2S/c1-3-12-28(13-4-1)43-45-44(34-17-8-10-21-41(34)57-45)51-49(50-43)35-18-11-20-39-42(35)33-24-22-31(27-40(33)56-39)48-53-46(29-14-5-2-6-15-29)52-47(54-48)30-23-25-38-36(26-30)32-16-7-9-19-37(32)55-38/h1-27H. The summed E-state index contributed by atoms with van der Waals surface area (Å²) in [6, 6.07) is 55.2. The summed E-state index contributed by atoms with van der Waals surface area (Å²) >= 11 is 1.73. The highest BCUT2D eigenvalue weighted by Gasteiger charge is 2.21. The first kappa shape index (κ1) is 31.8. The van der Waals surface area contributed by atoms with Crippen LogP contribution in [0.4, 0.5) is 0 Å². The molecule has 8 heteroatoms. The number of para-hydroxylation sites is 1. The summed E-state index contributed by atoms with van der Waals surface area (Å²) in [7, 11) is 0. The van der Waals surface area contributed by atoms with E-state index in [0.717, 1.165) is 93.0 Å². The quantitative estimate of drug-likeness (QED) is 0.173. The highest BCUT2D eigenvalue weighted by Crippen LogP contribution is 2.42. The lowest BCUT2D eigenvalue weighted by Crippen LogP contribution is -2.00. The van der Waals surface area contributed by atoms with Gasteiger partial charge in [0, 0.05) is 59.4 Å². The SMILES string of the molecule is c1ccc(-c2nc(-c3ccc4c(c3)oc3cccc(-c5nc(-c6ccccc6)c6sc7ccccc7c6n5)c34)nc(-c3ccc4oc5ccccc5c4c3)n2)cc1. The lowest BCUT2D eigenvalue weighted by Gasteiger charge is -2.09. The van der Waals surface area contributed by atoms with Crippen LogP contribution in [0.3, 0.4) is 0 Å². The van der Waals surface area contributed by atoms with Crippen molar-refractivity contribution >= 4 is 75.5 Å². The van der Waals surface area contributed by atoms with Gasteiger partial charge < -0.3 is 8.83 Å². The van der Waals surface area contributed by atoms with Gasteiger partial charge in [-0.3, -0.25) is 0 Å². The average Bonchev–Trinajstić information content (AvgIpc) is 3.97. The second kappa shape index (κ2) is 12.5. The van der Waals surface area contributed by atoms with E-state index in [-0.39, 0.29) is 0 Å². The Bertz CT molecular complexity index is 3540. The molecule has 0 spiro atoms. The molecule has 12 rings (SSSR count). The van der Waals surface area contributed by atoms with E-state index in [9.17, 15) is 0 Å². The van der Waals surface area contributed by atoms with Crippen molar-refractivity contribution in [2.45, 2.75) is 0 Å². The van der Waals surface area contributed by atoms with Crippen molar-refractivity contribution in [3.8, 4) is 56.8 Å². The minimum atomic E-state index is 0.546. The summed E-state index contributed by atoms with van der Waals surface area (Å²) in [5.74, 6) is 2.35. The average molecular weight is 750 g/mol. The fourth-order valence-corrected chi connectivity index (χ4v) is 9.02. The number of rotatable bonds is 5. The fourth-order valence-electron chi connectivity index (χ4n) is 7.87. The topological polar surface area (TPSA) is 90.7 Å². The van der Waals surface area contributed by atoms with Gasteiger partial charge in [0.15, 0.2) is 23.3 Å². The molecule has 0 N–H and O–H groups in total. The van der Waals surface area contributed by atoms with Crippen molar-refractivity contribution in [1.82, 2.24) is 24.9 Å². The Morgan fingerprint density at radius 3 is 1.82 bits per heavy atom. The molecule has 0 atom stereocenters. The molecule has 0 radical (unpaired) electrons. The zero-order valence-corrected chi connectivity index (χ0v) is 30.9. The Balaban J connectivity index is 1.03. The third-order valence-electron chi connectivity index (χ3n) is 10.6. The van der Waals surface area contributed by atoms with Gasteiger partial charge in [0.1, 0.15) is 22.3 Å². The molecule has 5 aromatic heterocycles. The summed E-state index contributed by atoms with van der Waals surface area (Å²) in [4.78, 5) is 25.6. The maximum atomic E-state index is 6.61. The molecule has 0 aliphatic rings. The molecule has 0 amide bonds. The van der Waals surface area contributed by atoms with E-state index >= 15 is 0 Å². The van der Waals surface area contributed by atoms with E-state index in [1.54, 1.807) is 11.3 Å². The molecule has 0 bridgehead atoms. The maximum Gasteiger partial charge on any atom is 0.164 e. The largest absolute Gasteiger partial charge is 0.456 e.